The molecule has 1 aliphatic rings. The van der Waals surface area contributed by atoms with Gasteiger partial charge >= 0.3 is 0 Å². The van der Waals surface area contributed by atoms with Gasteiger partial charge in [0.1, 0.15) is 0 Å². The molecule has 1 aliphatic heterocycles. The molecule has 0 aliphatic carbocycles. The lowest BCUT2D eigenvalue weighted by molar-refractivity contribution is -0.149. The lowest BCUT2D eigenvalue weighted by atomic mass is 10.1. The van der Waals surface area contributed by atoms with Crippen LogP contribution < -0.4 is 0 Å². The minimum atomic E-state index is -3.27. The highest BCUT2D eigenvalue weighted by atomic mass is 32.2. The van der Waals surface area contributed by atoms with Gasteiger partial charge in [-0.05, 0) is 32.9 Å². The molecule has 0 atom stereocenters. The SMILES string of the molecule is CC(C)S(=O)(=O)c1cccc(C2(C)OCCO2)c1. The molecular weight excluding hydrogens is 252 g/mol. The van der Waals surface area contributed by atoms with E-state index in [1.54, 1.807) is 39.0 Å². The Balaban J connectivity index is 2.43. The third-order valence-corrected chi connectivity index (χ3v) is 5.30. The summed E-state index contributed by atoms with van der Waals surface area (Å²) in [5.74, 6) is -0.831. The van der Waals surface area contributed by atoms with Crippen molar-refractivity contribution >= 4 is 9.84 Å². The molecule has 100 valence electrons. The number of hydrogen-bond acceptors (Lipinski definition) is 4. The van der Waals surface area contributed by atoms with Crippen molar-refractivity contribution in [1.29, 1.82) is 0 Å². The van der Waals surface area contributed by atoms with Crippen LogP contribution in [0, 0.1) is 0 Å². The maximum Gasteiger partial charge on any atom is 0.192 e. The first-order valence-corrected chi connectivity index (χ1v) is 7.53. The molecule has 0 amide bonds. The van der Waals surface area contributed by atoms with Crippen LogP contribution >= 0.6 is 0 Å². The van der Waals surface area contributed by atoms with Crippen LogP contribution in [0.5, 0.6) is 0 Å². The van der Waals surface area contributed by atoms with E-state index in [0.717, 1.165) is 5.56 Å². The van der Waals surface area contributed by atoms with Crippen LogP contribution in [0.3, 0.4) is 0 Å². The molecule has 1 aromatic rings. The highest BCUT2D eigenvalue weighted by molar-refractivity contribution is 7.92. The van der Waals surface area contributed by atoms with Gasteiger partial charge < -0.3 is 9.47 Å². The lowest BCUT2D eigenvalue weighted by Gasteiger charge is -2.23. The van der Waals surface area contributed by atoms with E-state index < -0.39 is 20.9 Å². The predicted octanol–water partition coefficient (Wildman–Crippen LogP) is 2.09. The van der Waals surface area contributed by atoms with Gasteiger partial charge in [-0.3, -0.25) is 0 Å². The van der Waals surface area contributed by atoms with Crippen molar-refractivity contribution < 1.29 is 17.9 Å². The maximum absolute atomic E-state index is 12.1. The highest BCUT2D eigenvalue weighted by Crippen LogP contribution is 2.32. The van der Waals surface area contributed by atoms with Crippen LogP contribution in [0.15, 0.2) is 29.2 Å². The Morgan fingerprint density at radius 3 is 2.39 bits per heavy atom. The van der Waals surface area contributed by atoms with Crippen LogP contribution in [0.1, 0.15) is 26.3 Å². The molecule has 0 aromatic heterocycles. The number of hydrogen-bond donors (Lipinski definition) is 0. The summed E-state index contributed by atoms with van der Waals surface area (Å²) >= 11 is 0. The molecule has 5 heteroatoms. The van der Waals surface area contributed by atoms with Gasteiger partial charge in [-0.15, -0.1) is 0 Å². The molecule has 0 N–H and O–H groups in total. The Morgan fingerprint density at radius 2 is 1.83 bits per heavy atom. The zero-order chi connectivity index (χ0) is 13.4. The van der Waals surface area contributed by atoms with Gasteiger partial charge in [-0.1, -0.05) is 12.1 Å². The fourth-order valence-corrected chi connectivity index (χ4v) is 3.01. The summed E-state index contributed by atoms with van der Waals surface area (Å²) in [6, 6.07) is 6.79. The molecule has 1 fully saturated rings. The summed E-state index contributed by atoms with van der Waals surface area (Å²) in [5, 5.41) is -0.439. The average molecular weight is 270 g/mol. The Kier molecular flexibility index (Phi) is 3.49. The zero-order valence-electron chi connectivity index (χ0n) is 10.8. The smallest absolute Gasteiger partial charge is 0.192 e. The van der Waals surface area contributed by atoms with Crippen LogP contribution in [0.2, 0.25) is 0 Å². The zero-order valence-corrected chi connectivity index (χ0v) is 11.7. The summed E-state index contributed by atoms with van der Waals surface area (Å²) < 4.78 is 35.3. The fraction of sp³-hybridized carbons (Fsp3) is 0.538. The van der Waals surface area contributed by atoms with E-state index in [2.05, 4.69) is 0 Å². The van der Waals surface area contributed by atoms with Crippen molar-refractivity contribution in [2.75, 3.05) is 13.2 Å². The molecule has 0 unspecified atom stereocenters. The summed E-state index contributed by atoms with van der Waals surface area (Å²) in [5.41, 5.74) is 0.738. The molecule has 2 rings (SSSR count). The van der Waals surface area contributed by atoms with E-state index >= 15 is 0 Å². The van der Waals surface area contributed by atoms with Crippen molar-refractivity contribution in [2.24, 2.45) is 0 Å². The first-order chi connectivity index (χ1) is 8.36. The third kappa shape index (κ3) is 2.30. The van der Waals surface area contributed by atoms with Gasteiger partial charge in [-0.25, -0.2) is 8.42 Å². The molecular formula is C13H18O4S. The van der Waals surface area contributed by atoms with Gasteiger partial charge in [0.25, 0.3) is 0 Å². The Hall–Kier alpha value is -0.910. The second-order valence-corrected chi connectivity index (χ2v) is 7.27. The molecule has 0 saturated carbocycles. The van der Waals surface area contributed by atoms with Crippen LogP contribution in [-0.2, 0) is 25.1 Å². The minimum Gasteiger partial charge on any atom is -0.344 e. The van der Waals surface area contributed by atoms with E-state index in [0.29, 0.717) is 18.1 Å². The highest BCUT2D eigenvalue weighted by Gasteiger charge is 2.34. The van der Waals surface area contributed by atoms with Crippen molar-refractivity contribution in [3.63, 3.8) is 0 Å². The topological polar surface area (TPSA) is 52.6 Å². The number of benzene rings is 1. The van der Waals surface area contributed by atoms with Gasteiger partial charge in [0.05, 0.1) is 23.4 Å². The number of rotatable bonds is 3. The van der Waals surface area contributed by atoms with Crippen molar-refractivity contribution in [1.82, 2.24) is 0 Å². The summed E-state index contributed by atoms with van der Waals surface area (Å²) in [6.07, 6.45) is 0. The van der Waals surface area contributed by atoms with Gasteiger partial charge in [0, 0.05) is 5.56 Å². The van der Waals surface area contributed by atoms with Crippen molar-refractivity contribution in [3.8, 4) is 0 Å². The molecule has 0 radical (unpaired) electrons. The Bertz CT molecular complexity index is 528. The van der Waals surface area contributed by atoms with Crippen LogP contribution in [0.25, 0.3) is 0 Å². The van der Waals surface area contributed by atoms with Crippen molar-refractivity contribution in [2.45, 2.75) is 36.7 Å². The second-order valence-electron chi connectivity index (χ2n) is 4.76. The summed E-state index contributed by atoms with van der Waals surface area (Å²) in [4.78, 5) is 0.315. The summed E-state index contributed by atoms with van der Waals surface area (Å²) in [6.45, 7) is 6.20. The maximum atomic E-state index is 12.1. The standard InChI is InChI=1S/C13H18O4S/c1-10(2)18(14,15)12-6-4-5-11(9-12)13(3)16-7-8-17-13/h4-6,9-10H,7-8H2,1-3H3. The van der Waals surface area contributed by atoms with E-state index in [4.69, 9.17) is 9.47 Å². The first-order valence-electron chi connectivity index (χ1n) is 5.98. The fourth-order valence-electron chi connectivity index (χ4n) is 1.91. The van der Waals surface area contributed by atoms with Gasteiger partial charge in [0.15, 0.2) is 15.6 Å². The molecule has 18 heavy (non-hydrogen) atoms. The quantitative estimate of drug-likeness (QED) is 0.844. The molecule has 0 spiro atoms. The molecule has 1 saturated heterocycles. The van der Waals surface area contributed by atoms with Crippen molar-refractivity contribution in [3.05, 3.63) is 29.8 Å². The molecule has 0 bridgehead atoms. The first kappa shape index (κ1) is 13.5. The number of sulfone groups is 1. The molecule has 1 aromatic carbocycles. The molecule has 4 nitrogen and oxygen atoms in total. The van der Waals surface area contributed by atoms with Crippen LogP contribution in [-0.4, -0.2) is 26.9 Å². The Labute approximate surface area is 108 Å². The second kappa shape index (κ2) is 4.64. The van der Waals surface area contributed by atoms with E-state index in [1.807, 2.05) is 6.07 Å². The Morgan fingerprint density at radius 1 is 1.22 bits per heavy atom. The van der Waals surface area contributed by atoms with E-state index in [1.165, 1.54) is 0 Å². The van der Waals surface area contributed by atoms with Gasteiger partial charge in [-0.2, -0.15) is 0 Å². The monoisotopic (exact) mass is 270 g/mol. The summed E-state index contributed by atoms with van der Waals surface area (Å²) in [7, 11) is -3.27. The number of ether oxygens (including phenoxy) is 2. The van der Waals surface area contributed by atoms with Gasteiger partial charge in [0.2, 0.25) is 0 Å². The van der Waals surface area contributed by atoms with Crippen LogP contribution in [0.4, 0.5) is 0 Å². The average Bonchev–Trinajstić information content (AvgIpc) is 2.77. The largest absolute Gasteiger partial charge is 0.344 e. The molecule has 1 heterocycles. The van der Waals surface area contributed by atoms with E-state index in [-0.39, 0.29) is 0 Å². The normalized spacial score (nSPS) is 19.3. The minimum absolute atomic E-state index is 0.315. The third-order valence-electron chi connectivity index (χ3n) is 3.15. The predicted molar refractivity (Wildman–Crippen MR) is 68.0 cm³/mol. The lowest BCUT2D eigenvalue weighted by Crippen LogP contribution is -2.23. The van der Waals surface area contributed by atoms with E-state index in [9.17, 15) is 8.42 Å².